The number of amides is 2. The Morgan fingerprint density at radius 3 is 2.50 bits per heavy atom. The van der Waals surface area contributed by atoms with Crippen LogP contribution in [-0.4, -0.2) is 48.1 Å². The van der Waals surface area contributed by atoms with Gasteiger partial charge in [-0.05, 0) is 55.8 Å². The van der Waals surface area contributed by atoms with Crippen LogP contribution in [0.3, 0.4) is 0 Å². The zero-order valence-corrected chi connectivity index (χ0v) is 20.8. The Morgan fingerprint density at radius 2 is 1.68 bits per heavy atom. The maximum atomic E-state index is 13.1. The second-order valence-electron chi connectivity index (χ2n) is 9.63. The van der Waals surface area contributed by atoms with Crippen LogP contribution in [-0.2, 0) is 11.3 Å². The molecule has 1 aliphatic carbocycles. The quantitative estimate of drug-likeness (QED) is 0.504. The molecule has 0 radical (unpaired) electrons. The molecule has 2 N–H and O–H groups in total. The molecule has 1 heterocycles. The number of hydrogen-bond donors (Lipinski definition) is 2. The molecule has 1 saturated heterocycles. The number of carbonyl (C=O) groups is 2. The van der Waals surface area contributed by atoms with Crippen molar-refractivity contribution < 1.29 is 9.59 Å². The van der Waals surface area contributed by atoms with E-state index >= 15 is 0 Å². The van der Waals surface area contributed by atoms with E-state index in [2.05, 4.69) is 39.8 Å². The molecule has 4 rings (SSSR count). The Labute approximate surface area is 208 Å². The molecule has 0 spiro atoms. The van der Waals surface area contributed by atoms with Gasteiger partial charge in [-0.3, -0.25) is 14.5 Å². The summed E-state index contributed by atoms with van der Waals surface area (Å²) in [6.45, 7) is 3.61. The van der Waals surface area contributed by atoms with Gasteiger partial charge < -0.3 is 10.6 Å². The Morgan fingerprint density at radius 1 is 0.912 bits per heavy atom. The van der Waals surface area contributed by atoms with Crippen LogP contribution < -0.4 is 10.6 Å². The minimum Gasteiger partial charge on any atom is -0.355 e. The van der Waals surface area contributed by atoms with E-state index in [-0.39, 0.29) is 17.9 Å². The number of nitrogens with zero attached hydrogens (tertiary/aromatic N) is 1. The van der Waals surface area contributed by atoms with Gasteiger partial charge in [-0.15, -0.1) is 11.8 Å². The Balaban J connectivity index is 1.26. The SMILES string of the molecule is O=C(CSc1ccccc1C(=O)NC1CCCN(Cc2ccccc2)C1)NCC1CCCCC1. The first-order chi connectivity index (χ1) is 16.7. The summed E-state index contributed by atoms with van der Waals surface area (Å²) in [6, 6.07) is 18.3. The van der Waals surface area contributed by atoms with Crippen molar-refractivity contribution in [1.82, 2.24) is 15.5 Å². The highest BCUT2D eigenvalue weighted by Crippen LogP contribution is 2.25. The van der Waals surface area contributed by atoms with E-state index in [1.165, 1.54) is 49.4 Å². The average molecular weight is 480 g/mol. The van der Waals surface area contributed by atoms with Crippen LogP contribution in [0.2, 0.25) is 0 Å². The van der Waals surface area contributed by atoms with Crippen molar-refractivity contribution >= 4 is 23.6 Å². The molecular weight excluding hydrogens is 442 g/mol. The van der Waals surface area contributed by atoms with Crippen LogP contribution in [0.15, 0.2) is 59.5 Å². The lowest BCUT2D eigenvalue weighted by Gasteiger charge is -2.33. The van der Waals surface area contributed by atoms with Crippen LogP contribution >= 0.6 is 11.8 Å². The number of rotatable bonds is 9. The minimum atomic E-state index is -0.0442. The van der Waals surface area contributed by atoms with E-state index in [0.29, 0.717) is 17.2 Å². The third kappa shape index (κ3) is 7.60. The molecule has 2 aromatic carbocycles. The topological polar surface area (TPSA) is 61.4 Å². The number of benzene rings is 2. The molecular formula is C28H37N3O2S. The molecule has 1 saturated carbocycles. The molecule has 2 amide bonds. The van der Waals surface area contributed by atoms with E-state index < -0.39 is 0 Å². The van der Waals surface area contributed by atoms with Gasteiger partial charge in [-0.1, -0.05) is 61.7 Å². The molecule has 182 valence electrons. The molecule has 2 aromatic rings. The highest BCUT2D eigenvalue weighted by molar-refractivity contribution is 8.00. The van der Waals surface area contributed by atoms with E-state index in [9.17, 15) is 9.59 Å². The van der Waals surface area contributed by atoms with Gasteiger partial charge in [-0.25, -0.2) is 0 Å². The summed E-state index contributed by atoms with van der Waals surface area (Å²) in [5.41, 5.74) is 1.96. The molecule has 0 bridgehead atoms. The summed E-state index contributed by atoms with van der Waals surface area (Å²) in [5.74, 6) is 0.968. The number of nitrogens with one attached hydrogen (secondary N) is 2. The normalized spacial score (nSPS) is 19.5. The van der Waals surface area contributed by atoms with Crippen molar-refractivity contribution in [2.45, 2.75) is 62.4 Å². The van der Waals surface area contributed by atoms with Gasteiger partial charge in [0.2, 0.25) is 5.91 Å². The van der Waals surface area contributed by atoms with Gasteiger partial charge in [0, 0.05) is 30.6 Å². The molecule has 0 aromatic heterocycles. The third-order valence-electron chi connectivity index (χ3n) is 6.89. The smallest absolute Gasteiger partial charge is 0.252 e. The molecule has 2 fully saturated rings. The number of hydrogen-bond acceptors (Lipinski definition) is 4. The van der Waals surface area contributed by atoms with E-state index in [1.54, 1.807) is 0 Å². The maximum Gasteiger partial charge on any atom is 0.252 e. The second kappa shape index (κ2) is 13.0. The van der Waals surface area contributed by atoms with Gasteiger partial charge in [0.1, 0.15) is 0 Å². The monoisotopic (exact) mass is 479 g/mol. The lowest BCUT2D eigenvalue weighted by atomic mass is 9.89. The van der Waals surface area contributed by atoms with Gasteiger partial charge in [0.25, 0.3) is 5.91 Å². The zero-order valence-electron chi connectivity index (χ0n) is 20.0. The van der Waals surface area contributed by atoms with Crippen LogP contribution in [0.4, 0.5) is 0 Å². The molecule has 5 nitrogen and oxygen atoms in total. The van der Waals surface area contributed by atoms with Gasteiger partial charge in [0.15, 0.2) is 0 Å². The summed E-state index contributed by atoms with van der Waals surface area (Å²) >= 11 is 1.45. The lowest BCUT2D eigenvalue weighted by Crippen LogP contribution is -2.47. The van der Waals surface area contributed by atoms with Crippen molar-refractivity contribution in [2.75, 3.05) is 25.4 Å². The second-order valence-corrected chi connectivity index (χ2v) is 10.6. The van der Waals surface area contributed by atoms with Crippen LogP contribution in [0.1, 0.15) is 60.9 Å². The van der Waals surface area contributed by atoms with Crippen LogP contribution in [0, 0.1) is 5.92 Å². The summed E-state index contributed by atoms with van der Waals surface area (Å²) in [5, 5.41) is 6.35. The van der Waals surface area contributed by atoms with Crippen molar-refractivity contribution in [3.05, 3.63) is 65.7 Å². The highest BCUT2D eigenvalue weighted by Gasteiger charge is 2.23. The highest BCUT2D eigenvalue weighted by atomic mass is 32.2. The summed E-state index contributed by atoms with van der Waals surface area (Å²) in [6.07, 6.45) is 8.41. The predicted octanol–water partition coefficient (Wildman–Crippen LogP) is 4.87. The van der Waals surface area contributed by atoms with Crippen molar-refractivity contribution in [2.24, 2.45) is 5.92 Å². The summed E-state index contributed by atoms with van der Waals surface area (Å²) in [7, 11) is 0. The van der Waals surface area contributed by atoms with Gasteiger partial charge in [0.05, 0.1) is 11.3 Å². The average Bonchev–Trinajstić information content (AvgIpc) is 2.88. The fourth-order valence-corrected chi connectivity index (χ4v) is 5.93. The largest absolute Gasteiger partial charge is 0.355 e. The maximum absolute atomic E-state index is 13.1. The minimum absolute atomic E-state index is 0.0442. The van der Waals surface area contributed by atoms with Crippen molar-refractivity contribution in [1.29, 1.82) is 0 Å². The fourth-order valence-electron chi connectivity index (χ4n) is 5.05. The van der Waals surface area contributed by atoms with Gasteiger partial charge in [-0.2, -0.15) is 0 Å². The third-order valence-corrected chi connectivity index (χ3v) is 7.97. The molecule has 34 heavy (non-hydrogen) atoms. The van der Waals surface area contributed by atoms with E-state index in [0.717, 1.165) is 43.9 Å². The molecule has 2 aliphatic rings. The van der Waals surface area contributed by atoms with E-state index in [1.807, 2.05) is 30.3 Å². The standard InChI is InChI=1S/C28H37N3O2S/c32-27(29-18-22-10-3-1-4-11-22)21-34-26-16-8-7-15-25(26)28(33)30-24-14-9-17-31(20-24)19-23-12-5-2-6-13-23/h2,5-8,12-13,15-16,22,24H,1,3-4,9-11,14,17-21H2,(H,29,32)(H,30,33). The zero-order chi connectivity index (χ0) is 23.6. The van der Waals surface area contributed by atoms with Crippen LogP contribution in [0.25, 0.3) is 0 Å². The number of carbonyl (C=O) groups excluding carboxylic acids is 2. The summed E-state index contributed by atoms with van der Waals surface area (Å²) in [4.78, 5) is 28.8. The Bertz CT molecular complexity index is 930. The molecule has 6 heteroatoms. The first-order valence-electron chi connectivity index (χ1n) is 12.7. The fraction of sp³-hybridized carbons (Fsp3) is 0.500. The Hall–Kier alpha value is -2.31. The molecule has 1 unspecified atom stereocenters. The predicted molar refractivity (Wildman–Crippen MR) is 139 cm³/mol. The number of piperidine rings is 1. The first kappa shape index (κ1) is 24.8. The van der Waals surface area contributed by atoms with Crippen molar-refractivity contribution in [3.63, 3.8) is 0 Å². The number of thioether (sulfide) groups is 1. The van der Waals surface area contributed by atoms with Crippen molar-refractivity contribution in [3.8, 4) is 0 Å². The van der Waals surface area contributed by atoms with Gasteiger partial charge >= 0.3 is 0 Å². The first-order valence-corrected chi connectivity index (χ1v) is 13.7. The molecule has 1 atom stereocenters. The number of likely N-dealkylation sites (tertiary alicyclic amines) is 1. The van der Waals surface area contributed by atoms with Crippen LogP contribution in [0.5, 0.6) is 0 Å². The molecule has 1 aliphatic heterocycles. The van der Waals surface area contributed by atoms with E-state index in [4.69, 9.17) is 0 Å². The Kier molecular flexibility index (Phi) is 9.45. The lowest BCUT2D eigenvalue weighted by molar-refractivity contribution is -0.118. The summed E-state index contributed by atoms with van der Waals surface area (Å²) < 4.78 is 0.